The fourth-order valence-electron chi connectivity index (χ4n) is 3.29. The largest absolute Gasteiger partial charge is 0.393 e. The van der Waals surface area contributed by atoms with Crippen LogP contribution in [-0.4, -0.2) is 30.2 Å². The lowest BCUT2D eigenvalue weighted by molar-refractivity contribution is -0.216. The molecule has 1 saturated heterocycles. The van der Waals surface area contributed by atoms with Crippen molar-refractivity contribution in [2.45, 2.75) is 72.2 Å². The number of hydrogen-bond acceptors (Lipinski definition) is 3. The molecule has 1 aliphatic heterocycles. The zero-order chi connectivity index (χ0) is 13.8. The predicted octanol–water partition coefficient (Wildman–Crippen LogP) is 3.35. The highest BCUT2D eigenvalue weighted by atomic mass is 16.7. The molecule has 0 aromatic carbocycles. The summed E-state index contributed by atoms with van der Waals surface area (Å²) < 4.78 is 11.6. The number of aliphatic hydroxyl groups excluding tert-OH is 1. The second-order valence-electron chi connectivity index (χ2n) is 5.60. The summed E-state index contributed by atoms with van der Waals surface area (Å²) in [5.41, 5.74) is 0.0231. The Balaban J connectivity index is 0.000000771. The van der Waals surface area contributed by atoms with Crippen LogP contribution in [0.2, 0.25) is 0 Å². The lowest BCUT2D eigenvalue weighted by Gasteiger charge is -2.49. The van der Waals surface area contributed by atoms with Crippen LogP contribution in [0.5, 0.6) is 0 Å². The molecule has 18 heavy (non-hydrogen) atoms. The van der Waals surface area contributed by atoms with Crippen LogP contribution < -0.4 is 0 Å². The fourth-order valence-corrected chi connectivity index (χ4v) is 3.29. The van der Waals surface area contributed by atoms with Crippen molar-refractivity contribution < 1.29 is 14.6 Å². The molecule has 108 valence electrons. The van der Waals surface area contributed by atoms with Crippen molar-refractivity contribution in [1.82, 2.24) is 0 Å². The molecular weight excluding hydrogens is 228 g/mol. The SMILES string of the molecule is CC.CCC1CC2(CCC1(C)C(C)O)OCCO2. The van der Waals surface area contributed by atoms with Gasteiger partial charge < -0.3 is 14.6 Å². The molecule has 0 bridgehead atoms. The van der Waals surface area contributed by atoms with Crippen LogP contribution in [0.4, 0.5) is 0 Å². The van der Waals surface area contributed by atoms with Crippen LogP contribution in [0.3, 0.4) is 0 Å². The molecule has 2 aliphatic rings. The number of ether oxygens (including phenoxy) is 2. The lowest BCUT2D eigenvalue weighted by atomic mass is 9.62. The molecule has 3 atom stereocenters. The van der Waals surface area contributed by atoms with Gasteiger partial charge in [-0.05, 0) is 24.7 Å². The lowest BCUT2D eigenvalue weighted by Crippen LogP contribution is -2.49. The van der Waals surface area contributed by atoms with Gasteiger partial charge in [0.2, 0.25) is 0 Å². The van der Waals surface area contributed by atoms with Gasteiger partial charge in [0.05, 0.1) is 19.3 Å². The van der Waals surface area contributed by atoms with Gasteiger partial charge >= 0.3 is 0 Å². The summed E-state index contributed by atoms with van der Waals surface area (Å²) in [5.74, 6) is 0.161. The first kappa shape index (κ1) is 15.9. The van der Waals surface area contributed by atoms with E-state index in [0.717, 1.165) is 38.9 Å². The zero-order valence-corrected chi connectivity index (χ0v) is 12.7. The van der Waals surface area contributed by atoms with Crippen LogP contribution in [-0.2, 0) is 9.47 Å². The first-order valence-corrected chi connectivity index (χ1v) is 7.48. The van der Waals surface area contributed by atoms with E-state index in [2.05, 4.69) is 13.8 Å². The maximum atomic E-state index is 9.99. The first-order valence-electron chi connectivity index (χ1n) is 7.48. The minimum Gasteiger partial charge on any atom is -0.393 e. The highest BCUT2D eigenvalue weighted by Gasteiger charge is 2.50. The van der Waals surface area contributed by atoms with E-state index in [1.165, 1.54) is 0 Å². The highest BCUT2D eigenvalue weighted by Crippen LogP contribution is 2.51. The molecule has 0 amide bonds. The van der Waals surface area contributed by atoms with Crippen molar-refractivity contribution in [1.29, 1.82) is 0 Å². The van der Waals surface area contributed by atoms with E-state index < -0.39 is 0 Å². The normalized spacial score (nSPS) is 36.0. The van der Waals surface area contributed by atoms with Gasteiger partial charge in [0.1, 0.15) is 0 Å². The molecule has 2 rings (SSSR count). The van der Waals surface area contributed by atoms with Crippen molar-refractivity contribution in [2.24, 2.45) is 11.3 Å². The topological polar surface area (TPSA) is 38.7 Å². The third-order valence-corrected chi connectivity index (χ3v) is 4.80. The van der Waals surface area contributed by atoms with Crippen LogP contribution >= 0.6 is 0 Å². The summed E-state index contributed by atoms with van der Waals surface area (Å²) in [5, 5.41) is 9.99. The minimum absolute atomic E-state index is 0.0231. The molecule has 1 N–H and O–H groups in total. The second-order valence-corrected chi connectivity index (χ2v) is 5.60. The van der Waals surface area contributed by atoms with Gasteiger partial charge in [-0.3, -0.25) is 0 Å². The maximum absolute atomic E-state index is 9.99. The van der Waals surface area contributed by atoms with E-state index >= 15 is 0 Å². The summed E-state index contributed by atoms with van der Waals surface area (Å²) in [6, 6.07) is 0. The van der Waals surface area contributed by atoms with Crippen molar-refractivity contribution in [2.75, 3.05) is 13.2 Å². The van der Waals surface area contributed by atoms with Gasteiger partial charge in [0.15, 0.2) is 5.79 Å². The molecule has 2 fully saturated rings. The van der Waals surface area contributed by atoms with E-state index in [9.17, 15) is 5.11 Å². The molecule has 1 saturated carbocycles. The standard InChI is InChI=1S/C13H24O3.C2H6/c1-4-11-9-13(15-7-8-16-13)6-5-12(11,3)10(2)14;1-2/h10-11,14H,4-9H2,1-3H3;1-2H3. The summed E-state index contributed by atoms with van der Waals surface area (Å²) >= 11 is 0. The second kappa shape index (κ2) is 6.36. The number of rotatable bonds is 2. The van der Waals surface area contributed by atoms with Gasteiger partial charge in [-0.1, -0.05) is 34.1 Å². The van der Waals surface area contributed by atoms with Crippen molar-refractivity contribution in [3.8, 4) is 0 Å². The number of aliphatic hydroxyl groups is 1. The van der Waals surface area contributed by atoms with E-state index in [0.29, 0.717) is 5.92 Å². The Kier molecular flexibility index (Phi) is 5.63. The van der Waals surface area contributed by atoms with E-state index in [1.54, 1.807) is 0 Å². The third-order valence-electron chi connectivity index (χ3n) is 4.80. The summed E-state index contributed by atoms with van der Waals surface area (Å²) in [6.45, 7) is 11.8. The van der Waals surface area contributed by atoms with Crippen molar-refractivity contribution >= 4 is 0 Å². The maximum Gasteiger partial charge on any atom is 0.168 e. The molecule has 3 heteroatoms. The average molecular weight is 258 g/mol. The van der Waals surface area contributed by atoms with Crippen LogP contribution in [0.25, 0.3) is 0 Å². The molecule has 1 spiro atoms. The summed E-state index contributed by atoms with van der Waals surface area (Å²) in [6.07, 6.45) is 3.67. The monoisotopic (exact) mass is 258 g/mol. The Morgan fingerprint density at radius 3 is 2.22 bits per heavy atom. The molecule has 0 aromatic heterocycles. The Morgan fingerprint density at radius 2 is 1.78 bits per heavy atom. The van der Waals surface area contributed by atoms with Crippen LogP contribution in [0, 0.1) is 11.3 Å². The van der Waals surface area contributed by atoms with E-state index in [1.807, 2.05) is 20.8 Å². The molecule has 0 radical (unpaired) electrons. The fraction of sp³-hybridized carbons (Fsp3) is 1.00. The van der Waals surface area contributed by atoms with E-state index in [-0.39, 0.29) is 17.3 Å². The molecule has 1 aliphatic carbocycles. The molecular formula is C15H30O3. The Morgan fingerprint density at radius 1 is 1.22 bits per heavy atom. The number of hydrogen-bond donors (Lipinski definition) is 1. The average Bonchev–Trinajstić information content (AvgIpc) is 2.83. The van der Waals surface area contributed by atoms with Gasteiger partial charge in [-0.25, -0.2) is 0 Å². The van der Waals surface area contributed by atoms with Crippen molar-refractivity contribution in [3.63, 3.8) is 0 Å². The van der Waals surface area contributed by atoms with Crippen LogP contribution in [0.1, 0.15) is 60.3 Å². The molecule has 3 nitrogen and oxygen atoms in total. The Labute approximate surface area is 112 Å². The quantitative estimate of drug-likeness (QED) is 0.825. The molecule has 0 aromatic rings. The summed E-state index contributed by atoms with van der Waals surface area (Å²) in [4.78, 5) is 0. The zero-order valence-electron chi connectivity index (χ0n) is 12.7. The Bertz CT molecular complexity index is 246. The van der Waals surface area contributed by atoms with Gasteiger partial charge in [0, 0.05) is 12.8 Å². The van der Waals surface area contributed by atoms with Crippen LogP contribution in [0.15, 0.2) is 0 Å². The predicted molar refractivity (Wildman–Crippen MR) is 73.4 cm³/mol. The molecule has 3 unspecified atom stereocenters. The summed E-state index contributed by atoms with van der Waals surface area (Å²) in [7, 11) is 0. The van der Waals surface area contributed by atoms with E-state index in [4.69, 9.17) is 9.47 Å². The minimum atomic E-state index is -0.324. The first-order chi connectivity index (χ1) is 8.52. The van der Waals surface area contributed by atoms with Crippen molar-refractivity contribution in [3.05, 3.63) is 0 Å². The van der Waals surface area contributed by atoms with Gasteiger partial charge in [0.25, 0.3) is 0 Å². The van der Waals surface area contributed by atoms with Gasteiger partial charge in [-0.15, -0.1) is 0 Å². The smallest absolute Gasteiger partial charge is 0.168 e. The van der Waals surface area contributed by atoms with Gasteiger partial charge in [-0.2, -0.15) is 0 Å². The highest BCUT2D eigenvalue weighted by molar-refractivity contribution is 4.96. The molecule has 1 heterocycles. The Hall–Kier alpha value is -0.120. The third kappa shape index (κ3) is 2.89.